The Balaban J connectivity index is 3.19. The van der Waals surface area contributed by atoms with Crippen molar-refractivity contribution in [3.63, 3.8) is 0 Å². The van der Waals surface area contributed by atoms with E-state index in [1.807, 2.05) is 27.7 Å². The summed E-state index contributed by atoms with van der Waals surface area (Å²) in [4.78, 5) is 22.3. The minimum absolute atomic E-state index is 0.169. The molecule has 0 radical (unpaired) electrons. The van der Waals surface area contributed by atoms with E-state index < -0.39 is 5.97 Å². The van der Waals surface area contributed by atoms with Crippen molar-refractivity contribution in [3.05, 3.63) is 41.5 Å². The summed E-state index contributed by atoms with van der Waals surface area (Å²) in [7, 11) is 0. The van der Waals surface area contributed by atoms with Crippen molar-refractivity contribution in [1.82, 2.24) is 0 Å². The maximum absolute atomic E-state index is 11.9. The molecule has 4 heteroatoms. The second kappa shape index (κ2) is 6.37. The van der Waals surface area contributed by atoms with Crippen molar-refractivity contribution in [2.24, 2.45) is 0 Å². The summed E-state index contributed by atoms with van der Waals surface area (Å²) in [5.74, 6) is -0.722. The van der Waals surface area contributed by atoms with Crippen LogP contribution in [0.4, 0.5) is 0 Å². The fourth-order valence-electron chi connectivity index (χ4n) is 1.79. The topological polar surface area (TPSA) is 63.6 Å². The van der Waals surface area contributed by atoms with Gasteiger partial charge in [-0.1, -0.05) is 20.8 Å². The average molecular weight is 276 g/mol. The Morgan fingerprint density at radius 2 is 1.90 bits per heavy atom. The van der Waals surface area contributed by atoms with Crippen molar-refractivity contribution < 1.29 is 19.4 Å². The molecule has 108 valence electrons. The van der Waals surface area contributed by atoms with Gasteiger partial charge in [0.15, 0.2) is 5.78 Å². The number of allylic oxidation sites excluding steroid dienone is 1. The molecule has 0 aromatic heterocycles. The average Bonchev–Trinajstić information content (AvgIpc) is 2.35. The minimum Gasteiger partial charge on any atom is -0.494 e. The van der Waals surface area contributed by atoms with Crippen LogP contribution < -0.4 is 4.74 Å². The molecule has 1 N–H and O–H groups in total. The molecule has 0 amide bonds. The normalized spacial score (nSPS) is 11.6. The van der Waals surface area contributed by atoms with Crippen LogP contribution in [0.15, 0.2) is 30.4 Å². The quantitative estimate of drug-likeness (QED) is 0.662. The summed E-state index contributed by atoms with van der Waals surface area (Å²) in [5, 5.41) is 8.55. The summed E-state index contributed by atoms with van der Waals surface area (Å²) >= 11 is 0. The van der Waals surface area contributed by atoms with Crippen LogP contribution in [0.3, 0.4) is 0 Å². The molecule has 0 bridgehead atoms. The predicted octanol–water partition coefficient (Wildman–Crippen LogP) is 3.21. The lowest BCUT2D eigenvalue weighted by molar-refractivity contribution is -0.131. The largest absolute Gasteiger partial charge is 0.494 e. The molecular formula is C16H20O4. The number of carboxylic acid groups (broad SMARTS) is 1. The fourth-order valence-corrected chi connectivity index (χ4v) is 1.79. The molecule has 0 atom stereocenters. The van der Waals surface area contributed by atoms with Crippen LogP contribution in [0, 0.1) is 0 Å². The first-order valence-corrected chi connectivity index (χ1v) is 6.48. The third-order valence-electron chi connectivity index (χ3n) is 2.75. The van der Waals surface area contributed by atoms with E-state index in [0.717, 1.165) is 23.5 Å². The lowest BCUT2D eigenvalue weighted by Gasteiger charge is -2.23. The van der Waals surface area contributed by atoms with Gasteiger partial charge in [-0.25, -0.2) is 4.79 Å². The number of hydrogen-bond donors (Lipinski definition) is 1. The van der Waals surface area contributed by atoms with Gasteiger partial charge in [0.2, 0.25) is 0 Å². The highest BCUT2D eigenvalue weighted by Gasteiger charge is 2.20. The van der Waals surface area contributed by atoms with E-state index >= 15 is 0 Å². The Morgan fingerprint density at radius 1 is 1.25 bits per heavy atom. The highest BCUT2D eigenvalue weighted by Crippen LogP contribution is 2.32. The fraction of sp³-hybridized carbons (Fsp3) is 0.375. The summed E-state index contributed by atoms with van der Waals surface area (Å²) in [5.41, 5.74) is 1.21. The van der Waals surface area contributed by atoms with Gasteiger partial charge in [0, 0.05) is 17.2 Å². The van der Waals surface area contributed by atoms with E-state index in [4.69, 9.17) is 9.84 Å². The molecule has 0 fully saturated rings. The summed E-state index contributed by atoms with van der Waals surface area (Å²) in [6, 6.07) is 5.17. The van der Waals surface area contributed by atoms with Crippen molar-refractivity contribution in [3.8, 4) is 5.75 Å². The maximum atomic E-state index is 11.9. The molecule has 20 heavy (non-hydrogen) atoms. The monoisotopic (exact) mass is 276 g/mol. The number of ketones is 1. The second-order valence-corrected chi connectivity index (χ2v) is 5.43. The first-order chi connectivity index (χ1) is 9.25. The molecule has 0 saturated heterocycles. The third-order valence-corrected chi connectivity index (χ3v) is 2.75. The van der Waals surface area contributed by atoms with E-state index in [-0.39, 0.29) is 11.2 Å². The van der Waals surface area contributed by atoms with Crippen molar-refractivity contribution in [1.29, 1.82) is 0 Å². The van der Waals surface area contributed by atoms with Crippen LogP contribution in [0.1, 0.15) is 43.6 Å². The van der Waals surface area contributed by atoms with Gasteiger partial charge >= 0.3 is 5.97 Å². The Labute approximate surface area is 119 Å². The standard InChI is InChI=1S/C16H20O4/c1-5-20-14-8-6-11(10-12(14)16(2,3)4)13(17)7-9-15(18)19/h6-10H,5H2,1-4H3,(H,18,19)/b9-7+. The lowest BCUT2D eigenvalue weighted by atomic mass is 9.85. The predicted molar refractivity (Wildman–Crippen MR) is 77.4 cm³/mol. The number of hydrogen-bond acceptors (Lipinski definition) is 3. The first-order valence-electron chi connectivity index (χ1n) is 6.48. The Bertz CT molecular complexity index is 536. The molecule has 1 aromatic rings. The third kappa shape index (κ3) is 4.23. The van der Waals surface area contributed by atoms with Gasteiger partial charge < -0.3 is 9.84 Å². The van der Waals surface area contributed by atoms with Crippen LogP contribution in [0.25, 0.3) is 0 Å². The van der Waals surface area contributed by atoms with E-state index in [0.29, 0.717) is 12.2 Å². The second-order valence-electron chi connectivity index (χ2n) is 5.43. The Morgan fingerprint density at radius 3 is 2.40 bits per heavy atom. The molecule has 1 aromatic carbocycles. The number of benzene rings is 1. The highest BCUT2D eigenvalue weighted by atomic mass is 16.5. The number of carbonyl (C=O) groups is 2. The molecule has 0 aliphatic rings. The van der Waals surface area contributed by atoms with Gasteiger partial charge in [-0.15, -0.1) is 0 Å². The van der Waals surface area contributed by atoms with Gasteiger partial charge in [0.1, 0.15) is 5.75 Å². The van der Waals surface area contributed by atoms with Gasteiger partial charge in [0.25, 0.3) is 0 Å². The van der Waals surface area contributed by atoms with E-state index in [2.05, 4.69) is 0 Å². The van der Waals surface area contributed by atoms with Crippen LogP contribution in [0.5, 0.6) is 5.75 Å². The summed E-state index contributed by atoms with van der Waals surface area (Å²) in [6.07, 6.45) is 1.90. The number of aliphatic carboxylic acids is 1. The molecule has 0 unspecified atom stereocenters. The van der Waals surface area contributed by atoms with Crippen molar-refractivity contribution in [2.45, 2.75) is 33.1 Å². The van der Waals surface area contributed by atoms with E-state index in [1.54, 1.807) is 18.2 Å². The van der Waals surface area contributed by atoms with E-state index in [9.17, 15) is 9.59 Å². The Kier molecular flexibility index (Phi) is 5.08. The zero-order valence-electron chi connectivity index (χ0n) is 12.3. The van der Waals surface area contributed by atoms with Crippen LogP contribution >= 0.6 is 0 Å². The molecular weight excluding hydrogens is 256 g/mol. The zero-order chi connectivity index (χ0) is 15.3. The van der Waals surface area contributed by atoms with Crippen LogP contribution in [-0.2, 0) is 10.2 Å². The van der Waals surface area contributed by atoms with Crippen molar-refractivity contribution >= 4 is 11.8 Å². The van der Waals surface area contributed by atoms with E-state index in [1.165, 1.54) is 0 Å². The lowest BCUT2D eigenvalue weighted by Crippen LogP contribution is -2.14. The minimum atomic E-state index is -1.14. The molecule has 0 aliphatic heterocycles. The maximum Gasteiger partial charge on any atom is 0.328 e. The SMILES string of the molecule is CCOc1ccc(C(=O)/C=C/C(=O)O)cc1C(C)(C)C. The number of ether oxygens (including phenoxy) is 1. The van der Waals surface area contributed by atoms with Crippen LogP contribution in [0.2, 0.25) is 0 Å². The Hall–Kier alpha value is -2.10. The molecule has 4 nitrogen and oxygen atoms in total. The molecule has 0 saturated carbocycles. The summed E-state index contributed by atoms with van der Waals surface area (Å²) in [6.45, 7) is 8.56. The molecule has 0 heterocycles. The number of carboxylic acids is 1. The number of carbonyl (C=O) groups excluding carboxylic acids is 1. The first kappa shape index (κ1) is 16.0. The van der Waals surface area contributed by atoms with Gasteiger partial charge in [-0.2, -0.15) is 0 Å². The molecule has 0 spiro atoms. The number of rotatable bonds is 5. The zero-order valence-corrected chi connectivity index (χ0v) is 12.3. The van der Waals surface area contributed by atoms with Crippen LogP contribution in [-0.4, -0.2) is 23.5 Å². The molecule has 0 aliphatic carbocycles. The molecule has 1 rings (SSSR count). The highest BCUT2D eigenvalue weighted by molar-refractivity contribution is 6.07. The van der Waals surface area contributed by atoms with Gasteiger partial charge in [-0.05, 0) is 36.6 Å². The van der Waals surface area contributed by atoms with Crippen molar-refractivity contribution in [2.75, 3.05) is 6.61 Å². The smallest absolute Gasteiger partial charge is 0.328 e. The summed E-state index contributed by atoms with van der Waals surface area (Å²) < 4.78 is 5.57. The van der Waals surface area contributed by atoms with Gasteiger partial charge in [0.05, 0.1) is 6.61 Å². The van der Waals surface area contributed by atoms with Gasteiger partial charge in [-0.3, -0.25) is 4.79 Å².